The highest BCUT2D eigenvalue weighted by molar-refractivity contribution is 7.80. The second-order valence-corrected chi connectivity index (χ2v) is 5.75. The number of amides is 1. The molecule has 3 rings (SSSR count). The normalized spacial score (nSPS) is 14.5. The number of rotatable bonds is 1. The molecule has 0 bridgehead atoms. The van der Waals surface area contributed by atoms with E-state index in [1.807, 2.05) is 17.0 Å². The topological polar surface area (TPSA) is 20.3 Å². The molecule has 0 saturated carbocycles. The van der Waals surface area contributed by atoms with E-state index in [0.717, 1.165) is 12.8 Å². The van der Waals surface area contributed by atoms with Gasteiger partial charge in [0.1, 0.15) is 5.82 Å². The predicted molar refractivity (Wildman–Crippen MR) is 83.2 cm³/mol. The lowest BCUT2D eigenvalue weighted by Crippen LogP contribution is -2.30. The van der Waals surface area contributed by atoms with Crippen molar-refractivity contribution in [1.82, 2.24) is 4.90 Å². The largest absolute Gasteiger partial charge is 0.334 e. The summed E-state index contributed by atoms with van der Waals surface area (Å²) in [7, 11) is 0. The summed E-state index contributed by atoms with van der Waals surface area (Å²) in [4.78, 5) is 14.6. The zero-order valence-corrected chi connectivity index (χ0v) is 12.4. The van der Waals surface area contributed by atoms with Gasteiger partial charge in [0.25, 0.3) is 5.91 Å². The van der Waals surface area contributed by atoms with E-state index in [1.54, 1.807) is 0 Å². The number of fused-ring (bicyclic) bond motifs is 1. The molecule has 108 valence electrons. The van der Waals surface area contributed by atoms with Gasteiger partial charge in [0.05, 0.1) is 0 Å². The molecule has 0 spiro atoms. The van der Waals surface area contributed by atoms with E-state index in [9.17, 15) is 9.18 Å². The average Bonchev–Trinajstić information content (AvgIpc) is 2.71. The molecule has 21 heavy (non-hydrogen) atoms. The van der Waals surface area contributed by atoms with E-state index in [4.69, 9.17) is 0 Å². The van der Waals surface area contributed by atoms with E-state index in [-0.39, 0.29) is 10.8 Å². The van der Waals surface area contributed by atoms with Gasteiger partial charge in [-0.3, -0.25) is 4.79 Å². The molecule has 0 atom stereocenters. The van der Waals surface area contributed by atoms with Crippen LogP contribution in [0.3, 0.4) is 0 Å². The third-order valence-electron chi connectivity index (χ3n) is 3.83. The molecule has 0 unspecified atom stereocenters. The average molecular weight is 301 g/mol. The van der Waals surface area contributed by atoms with Gasteiger partial charge in [-0.25, -0.2) is 4.39 Å². The first-order valence-corrected chi connectivity index (χ1v) is 7.44. The van der Waals surface area contributed by atoms with Gasteiger partial charge in [-0.05, 0) is 42.2 Å². The SMILES string of the molecule is O=C(c1ccc(F)c(S)c1)N1CCCc2ccccc2C1. The van der Waals surface area contributed by atoms with E-state index < -0.39 is 5.82 Å². The van der Waals surface area contributed by atoms with Crippen LogP contribution in [0, 0.1) is 5.82 Å². The number of halogens is 1. The standard InChI is InChI=1S/C17H16FNOS/c18-15-8-7-13(10-16(15)21)17(20)19-9-3-6-12-4-1-2-5-14(12)11-19/h1-2,4-5,7-8,10,21H,3,6,9,11H2. The van der Waals surface area contributed by atoms with Crippen molar-refractivity contribution in [2.75, 3.05) is 6.54 Å². The fraction of sp³-hybridized carbons (Fsp3) is 0.235. The lowest BCUT2D eigenvalue weighted by atomic mass is 10.0. The molecule has 2 aromatic rings. The Kier molecular flexibility index (Phi) is 3.97. The molecule has 0 fully saturated rings. The monoisotopic (exact) mass is 301 g/mol. The van der Waals surface area contributed by atoms with Crippen LogP contribution in [0.2, 0.25) is 0 Å². The van der Waals surface area contributed by atoms with E-state index >= 15 is 0 Å². The Bertz CT molecular complexity index is 686. The highest BCUT2D eigenvalue weighted by Crippen LogP contribution is 2.21. The Hall–Kier alpha value is -1.81. The number of thiol groups is 1. The van der Waals surface area contributed by atoms with Crippen LogP contribution >= 0.6 is 12.6 Å². The summed E-state index contributed by atoms with van der Waals surface area (Å²) in [5, 5.41) is 0. The van der Waals surface area contributed by atoms with Crippen molar-refractivity contribution >= 4 is 18.5 Å². The van der Waals surface area contributed by atoms with Gasteiger partial charge in [0.2, 0.25) is 0 Å². The van der Waals surface area contributed by atoms with Crippen molar-refractivity contribution in [3.05, 3.63) is 65.0 Å². The van der Waals surface area contributed by atoms with Crippen molar-refractivity contribution in [1.29, 1.82) is 0 Å². The van der Waals surface area contributed by atoms with Gasteiger partial charge in [0.15, 0.2) is 0 Å². The molecule has 0 radical (unpaired) electrons. The van der Waals surface area contributed by atoms with Crippen LogP contribution in [0.1, 0.15) is 27.9 Å². The quantitative estimate of drug-likeness (QED) is 0.796. The van der Waals surface area contributed by atoms with Crippen LogP contribution in [0.5, 0.6) is 0 Å². The fourth-order valence-electron chi connectivity index (χ4n) is 2.70. The first-order valence-electron chi connectivity index (χ1n) is 7.00. The van der Waals surface area contributed by atoms with Gasteiger partial charge in [-0.15, -0.1) is 12.6 Å². The summed E-state index contributed by atoms with van der Waals surface area (Å²) in [6, 6.07) is 12.5. The third kappa shape index (κ3) is 2.95. The summed E-state index contributed by atoms with van der Waals surface area (Å²) in [6.45, 7) is 1.32. The molecule has 2 aromatic carbocycles. The molecule has 2 nitrogen and oxygen atoms in total. The summed E-state index contributed by atoms with van der Waals surface area (Å²) in [6.07, 6.45) is 1.93. The first kappa shape index (κ1) is 14.1. The van der Waals surface area contributed by atoms with Crippen LogP contribution in [0.4, 0.5) is 4.39 Å². The lowest BCUT2D eigenvalue weighted by molar-refractivity contribution is 0.0745. The highest BCUT2D eigenvalue weighted by atomic mass is 32.1. The van der Waals surface area contributed by atoms with Crippen molar-refractivity contribution in [3.8, 4) is 0 Å². The fourth-order valence-corrected chi connectivity index (χ4v) is 2.92. The van der Waals surface area contributed by atoms with Crippen molar-refractivity contribution in [2.24, 2.45) is 0 Å². The minimum absolute atomic E-state index is 0.0676. The van der Waals surface area contributed by atoms with Gasteiger partial charge in [0, 0.05) is 23.5 Å². The van der Waals surface area contributed by atoms with Crippen LogP contribution in [-0.4, -0.2) is 17.4 Å². The Balaban J connectivity index is 1.86. The lowest BCUT2D eigenvalue weighted by Gasteiger charge is -2.21. The zero-order chi connectivity index (χ0) is 14.8. The van der Waals surface area contributed by atoms with Crippen LogP contribution in [-0.2, 0) is 13.0 Å². The summed E-state index contributed by atoms with van der Waals surface area (Å²) < 4.78 is 13.3. The molecule has 1 aliphatic rings. The number of carbonyl (C=O) groups excluding carboxylic acids is 1. The Morgan fingerprint density at radius 1 is 1.14 bits per heavy atom. The number of aryl methyl sites for hydroxylation is 1. The molecule has 1 aliphatic heterocycles. The molecule has 1 heterocycles. The summed E-state index contributed by atoms with van der Waals surface area (Å²) in [5.41, 5.74) is 2.99. The van der Waals surface area contributed by atoms with E-state index in [1.165, 1.54) is 29.3 Å². The van der Waals surface area contributed by atoms with Crippen LogP contribution in [0.25, 0.3) is 0 Å². The smallest absolute Gasteiger partial charge is 0.254 e. The highest BCUT2D eigenvalue weighted by Gasteiger charge is 2.20. The van der Waals surface area contributed by atoms with Gasteiger partial charge in [-0.2, -0.15) is 0 Å². The van der Waals surface area contributed by atoms with E-state index in [2.05, 4.69) is 24.8 Å². The molecule has 0 aromatic heterocycles. The van der Waals surface area contributed by atoms with Crippen molar-refractivity contribution < 1.29 is 9.18 Å². The first-order chi connectivity index (χ1) is 10.1. The predicted octanol–water partition coefficient (Wildman–Crippen LogP) is 3.70. The maximum Gasteiger partial charge on any atom is 0.254 e. The maximum atomic E-state index is 13.3. The Morgan fingerprint density at radius 3 is 2.67 bits per heavy atom. The minimum atomic E-state index is -0.406. The van der Waals surface area contributed by atoms with Gasteiger partial charge in [-0.1, -0.05) is 24.3 Å². The number of benzene rings is 2. The Labute approximate surface area is 129 Å². The molecule has 0 N–H and O–H groups in total. The van der Waals surface area contributed by atoms with Gasteiger partial charge < -0.3 is 4.90 Å². The molecule has 4 heteroatoms. The third-order valence-corrected chi connectivity index (χ3v) is 4.18. The van der Waals surface area contributed by atoms with Crippen molar-refractivity contribution in [3.63, 3.8) is 0 Å². The summed E-state index contributed by atoms with van der Waals surface area (Å²) in [5.74, 6) is -0.474. The molecule has 0 saturated heterocycles. The van der Waals surface area contributed by atoms with Crippen LogP contribution in [0.15, 0.2) is 47.4 Å². The second kappa shape index (κ2) is 5.90. The maximum absolute atomic E-state index is 13.3. The number of hydrogen-bond acceptors (Lipinski definition) is 2. The van der Waals surface area contributed by atoms with Crippen molar-refractivity contribution in [2.45, 2.75) is 24.3 Å². The van der Waals surface area contributed by atoms with Crippen LogP contribution < -0.4 is 0 Å². The zero-order valence-electron chi connectivity index (χ0n) is 11.6. The Morgan fingerprint density at radius 2 is 1.90 bits per heavy atom. The molecular formula is C17H16FNOS. The second-order valence-electron chi connectivity index (χ2n) is 5.27. The number of nitrogens with zero attached hydrogens (tertiary/aromatic N) is 1. The number of hydrogen-bond donors (Lipinski definition) is 1. The number of carbonyl (C=O) groups is 1. The van der Waals surface area contributed by atoms with E-state index in [0.29, 0.717) is 18.7 Å². The van der Waals surface area contributed by atoms with Gasteiger partial charge >= 0.3 is 0 Å². The summed E-state index contributed by atoms with van der Waals surface area (Å²) >= 11 is 4.05. The molecule has 0 aliphatic carbocycles. The minimum Gasteiger partial charge on any atom is -0.334 e. The molecular weight excluding hydrogens is 285 g/mol. The molecule has 1 amide bonds.